The molecule has 1 aliphatic heterocycles. The number of carbonyl (C=O) groups is 2. The summed E-state index contributed by atoms with van der Waals surface area (Å²) in [6.07, 6.45) is -6.48. The monoisotopic (exact) mass is 521 g/mol. The lowest BCUT2D eigenvalue weighted by molar-refractivity contribution is -0.141. The van der Waals surface area contributed by atoms with Gasteiger partial charge in [0.2, 0.25) is 5.92 Å². The summed E-state index contributed by atoms with van der Waals surface area (Å²) < 4.78 is 82.9. The number of carbonyl (C=O) groups excluding carboxylic acids is 1. The molecule has 1 fully saturated rings. The van der Waals surface area contributed by atoms with Gasteiger partial charge in [-0.3, -0.25) is 4.79 Å². The maximum absolute atomic E-state index is 13.8. The molecule has 1 unspecified atom stereocenters. The summed E-state index contributed by atoms with van der Waals surface area (Å²) in [5.74, 6) is -4.29. The normalized spacial score (nSPS) is 17.7. The predicted molar refractivity (Wildman–Crippen MR) is 115 cm³/mol. The van der Waals surface area contributed by atoms with E-state index in [1.807, 2.05) is 0 Å². The number of halogens is 5. The summed E-state index contributed by atoms with van der Waals surface area (Å²) in [4.78, 5) is 25.1. The van der Waals surface area contributed by atoms with Gasteiger partial charge in [0.1, 0.15) is 0 Å². The fourth-order valence-corrected chi connectivity index (χ4v) is 4.49. The molecule has 1 aromatic heterocycles. The maximum Gasteiger partial charge on any atom is 0.439 e. The number of amides is 2. The lowest BCUT2D eigenvalue weighted by Crippen LogP contribution is -2.30. The standard InChI is InChI=1S/C20H20F5N5O4S/c1-35(34,29-18(32)33)13-5-2-4-12(10-13)26-17(31)14-11-15(20(23,24)25)27-28-16(14)30-8-3-6-19(21,22)7-9-30/h2,4-5,10-11H,3,6-9H2,1H3,(H,26,31)(H,32,33). The molecule has 1 aliphatic rings. The number of nitrogens with zero attached hydrogens (tertiary/aromatic N) is 4. The van der Waals surface area contributed by atoms with E-state index < -0.39 is 57.9 Å². The van der Waals surface area contributed by atoms with E-state index in [0.717, 1.165) is 12.3 Å². The van der Waals surface area contributed by atoms with Crippen LogP contribution < -0.4 is 10.2 Å². The Morgan fingerprint density at radius 3 is 2.54 bits per heavy atom. The number of benzene rings is 1. The second kappa shape index (κ2) is 9.71. The SMILES string of the molecule is CS(=O)(=NC(=O)O)c1cccc(NC(=O)c2cc(C(F)(F)F)nnc2N2CCCC(F)(F)CC2)c1. The van der Waals surface area contributed by atoms with Crippen molar-refractivity contribution in [2.24, 2.45) is 4.36 Å². The van der Waals surface area contributed by atoms with Gasteiger partial charge < -0.3 is 15.3 Å². The summed E-state index contributed by atoms with van der Waals surface area (Å²) in [6, 6.07) is 5.63. The zero-order valence-corrected chi connectivity index (χ0v) is 19.0. The third kappa shape index (κ3) is 6.61. The van der Waals surface area contributed by atoms with Crippen molar-refractivity contribution in [3.8, 4) is 0 Å². The van der Waals surface area contributed by atoms with Crippen molar-refractivity contribution in [3.63, 3.8) is 0 Å². The van der Waals surface area contributed by atoms with Crippen LogP contribution in [0.15, 0.2) is 39.6 Å². The van der Waals surface area contributed by atoms with Crippen LogP contribution in [0.1, 0.15) is 35.3 Å². The number of rotatable bonds is 4. The number of hydrogen-bond acceptors (Lipinski definition) is 6. The molecule has 0 aliphatic carbocycles. The lowest BCUT2D eigenvalue weighted by Gasteiger charge is -2.24. The summed E-state index contributed by atoms with van der Waals surface area (Å²) in [7, 11) is -3.38. The first-order valence-corrected chi connectivity index (χ1v) is 12.0. The van der Waals surface area contributed by atoms with Crippen molar-refractivity contribution >= 4 is 33.2 Å². The van der Waals surface area contributed by atoms with Crippen LogP contribution in [-0.4, -0.2) is 56.8 Å². The maximum atomic E-state index is 13.8. The molecule has 0 saturated carbocycles. The van der Waals surface area contributed by atoms with Crippen LogP contribution in [0.5, 0.6) is 0 Å². The number of aromatic nitrogens is 2. The van der Waals surface area contributed by atoms with Gasteiger partial charge in [0.05, 0.1) is 15.3 Å². The molecule has 2 heterocycles. The molecule has 2 N–H and O–H groups in total. The highest BCUT2D eigenvalue weighted by atomic mass is 32.2. The van der Waals surface area contributed by atoms with Crippen LogP contribution >= 0.6 is 0 Å². The first-order valence-electron chi connectivity index (χ1n) is 10.1. The number of anilines is 2. The number of nitrogens with one attached hydrogen (secondary N) is 1. The molecule has 1 atom stereocenters. The molecule has 15 heteroatoms. The minimum absolute atomic E-state index is 0.0126. The molecule has 0 spiro atoms. The van der Waals surface area contributed by atoms with Crippen LogP contribution in [0, 0.1) is 0 Å². The van der Waals surface area contributed by atoms with Crippen molar-refractivity contribution in [3.05, 3.63) is 41.6 Å². The molecule has 9 nitrogen and oxygen atoms in total. The van der Waals surface area contributed by atoms with Gasteiger partial charge in [0.25, 0.3) is 5.91 Å². The number of alkyl halides is 5. The Hall–Kier alpha value is -3.36. The molecular formula is C20H20F5N5O4S. The van der Waals surface area contributed by atoms with Crippen molar-refractivity contribution < 1.29 is 40.9 Å². The third-order valence-corrected chi connectivity index (χ3v) is 6.74. The Kier molecular flexibility index (Phi) is 7.29. The van der Waals surface area contributed by atoms with Crippen molar-refractivity contribution in [2.75, 3.05) is 29.6 Å². The Balaban J connectivity index is 1.99. The van der Waals surface area contributed by atoms with Gasteiger partial charge in [-0.1, -0.05) is 6.07 Å². The first-order chi connectivity index (χ1) is 16.2. The molecule has 2 amide bonds. The fraction of sp³-hybridized carbons (Fsp3) is 0.400. The molecular weight excluding hydrogens is 501 g/mol. The zero-order valence-electron chi connectivity index (χ0n) is 18.2. The van der Waals surface area contributed by atoms with Crippen molar-refractivity contribution in [1.82, 2.24) is 10.2 Å². The topological polar surface area (TPSA) is 125 Å². The van der Waals surface area contributed by atoms with E-state index in [2.05, 4.69) is 19.9 Å². The van der Waals surface area contributed by atoms with Gasteiger partial charge in [-0.05, 0) is 30.7 Å². The molecule has 190 valence electrons. The highest BCUT2D eigenvalue weighted by Crippen LogP contribution is 2.33. The summed E-state index contributed by atoms with van der Waals surface area (Å²) in [6.45, 7) is -0.225. The molecule has 3 rings (SSSR count). The van der Waals surface area contributed by atoms with Gasteiger partial charge in [-0.15, -0.1) is 14.6 Å². The third-order valence-electron chi connectivity index (χ3n) is 5.11. The van der Waals surface area contributed by atoms with Gasteiger partial charge in [-0.25, -0.2) is 17.8 Å². The molecule has 2 aromatic rings. The highest BCUT2D eigenvalue weighted by Gasteiger charge is 2.37. The lowest BCUT2D eigenvalue weighted by atomic mass is 10.1. The smallest absolute Gasteiger partial charge is 0.439 e. The number of hydrogen-bond donors (Lipinski definition) is 2. The van der Waals surface area contributed by atoms with Gasteiger partial charge in [-0.2, -0.15) is 13.2 Å². The van der Waals surface area contributed by atoms with Gasteiger partial charge in [0, 0.05) is 42.8 Å². The van der Waals surface area contributed by atoms with E-state index in [1.165, 1.54) is 23.1 Å². The Labute approximate surface area is 196 Å². The van der Waals surface area contributed by atoms with Crippen LogP contribution in [-0.2, 0) is 15.9 Å². The minimum Gasteiger partial charge on any atom is -0.463 e. The quantitative estimate of drug-likeness (QED) is 0.568. The van der Waals surface area contributed by atoms with Crippen molar-refractivity contribution in [2.45, 2.75) is 36.3 Å². The summed E-state index contributed by atoms with van der Waals surface area (Å²) in [5, 5.41) is 17.8. The van der Waals surface area contributed by atoms with Crippen LogP contribution in [0.2, 0.25) is 0 Å². The molecule has 1 aromatic carbocycles. The second-order valence-corrected chi connectivity index (χ2v) is 10.1. The molecule has 35 heavy (non-hydrogen) atoms. The Morgan fingerprint density at radius 1 is 1.17 bits per heavy atom. The van der Waals surface area contributed by atoms with E-state index in [0.29, 0.717) is 6.07 Å². The Morgan fingerprint density at radius 2 is 1.89 bits per heavy atom. The largest absolute Gasteiger partial charge is 0.463 e. The highest BCUT2D eigenvalue weighted by molar-refractivity contribution is 7.93. The average molecular weight is 521 g/mol. The second-order valence-electron chi connectivity index (χ2n) is 7.82. The van der Waals surface area contributed by atoms with E-state index in [4.69, 9.17) is 5.11 Å². The first kappa shape index (κ1) is 26.2. The predicted octanol–water partition coefficient (Wildman–Crippen LogP) is 4.51. The van der Waals surface area contributed by atoms with E-state index in [1.54, 1.807) is 0 Å². The molecule has 0 radical (unpaired) electrons. The average Bonchev–Trinajstić information content (AvgIpc) is 2.92. The van der Waals surface area contributed by atoms with E-state index in [9.17, 15) is 35.8 Å². The van der Waals surface area contributed by atoms with Gasteiger partial charge >= 0.3 is 12.3 Å². The van der Waals surface area contributed by atoms with E-state index in [-0.39, 0.29) is 35.9 Å². The fourth-order valence-electron chi connectivity index (χ4n) is 3.41. The molecule has 0 bridgehead atoms. The Bertz CT molecular complexity index is 1260. The van der Waals surface area contributed by atoms with E-state index >= 15 is 0 Å². The zero-order chi connectivity index (χ0) is 26.0. The van der Waals surface area contributed by atoms with Crippen molar-refractivity contribution in [1.29, 1.82) is 0 Å². The molecule has 1 saturated heterocycles. The minimum atomic E-state index is -4.92. The van der Waals surface area contributed by atoms with Gasteiger partial charge in [0.15, 0.2) is 11.5 Å². The number of carboxylic acid groups (broad SMARTS) is 1. The van der Waals surface area contributed by atoms with Crippen LogP contribution in [0.3, 0.4) is 0 Å². The van der Waals surface area contributed by atoms with Crippen LogP contribution in [0.4, 0.5) is 38.3 Å². The summed E-state index contributed by atoms with van der Waals surface area (Å²) in [5.41, 5.74) is -2.01. The van der Waals surface area contributed by atoms with Crippen LogP contribution in [0.25, 0.3) is 0 Å². The summed E-state index contributed by atoms with van der Waals surface area (Å²) >= 11 is 0.